The molecule has 3 aliphatic rings. The van der Waals surface area contributed by atoms with Crippen molar-refractivity contribution < 1.29 is 14.3 Å². The molecule has 7 nitrogen and oxygen atoms in total. The monoisotopic (exact) mass is 380 g/mol. The van der Waals surface area contributed by atoms with Gasteiger partial charge in [-0.05, 0) is 44.7 Å². The molecule has 1 saturated heterocycles. The SMILES string of the molecule is CCOC(=O)N1CC2(C1)C(=O)N(Cc1nc3c([nH]1)CCC3)c1ccc(C)cc12. The summed E-state index contributed by atoms with van der Waals surface area (Å²) in [5.41, 5.74) is 4.73. The van der Waals surface area contributed by atoms with E-state index in [1.807, 2.05) is 24.0 Å². The highest BCUT2D eigenvalue weighted by Gasteiger charge is 2.59. The van der Waals surface area contributed by atoms with Crippen LogP contribution >= 0.6 is 0 Å². The minimum Gasteiger partial charge on any atom is -0.450 e. The number of aromatic nitrogens is 2. The zero-order valence-electron chi connectivity index (χ0n) is 16.2. The number of aryl methyl sites for hydroxylation is 3. The first-order valence-corrected chi connectivity index (χ1v) is 9.93. The summed E-state index contributed by atoms with van der Waals surface area (Å²) < 4.78 is 5.10. The smallest absolute Gasteiger partial charge is 0.409 e. The Hall–Kier alpha value is -2.83. The Morgan fingerprint density at radius 2 is 2.14 bits per heavy atom. The molecule has 2 aromatic rings. The number of hydrogen-bond acceptors (Lipinski definition) is 4. The lowest BCUT2D eigenvalue weighted by atomic mass is 9.74. The second-order valence-corrected chi connectivity index (χ2v) is 8.01. The molecule has 3 heterocycles. The zero-order valence-corrected chi connectivity index (χ0v) is 16.2. The molecule has 1 aromatic heterocycles. The molecule has 28 heavy (non-hydrogen) atoms. The molecule has 2 amide bonds. The highest BCUT2D eigenvalue weighted by molar-refractivity contribution is 6.09. The number of benzene rings is 1. The van der Waals surface area contributed by atoms with Gasteiger partial charge in [-0.25, -0.2) is 9.78 Å². The minimum absolute atomic E-state index is 0.0465. The number of hydrogen-bond donors (Lipinski definition) is 1. The van der Waals surface area contributed by atoms with Crippen LogP contribution in [-0.2, 0) is 34.3 Å². The molecular formula is C21H24N4O3. The molecule has 0 saturated carbocycles. The van der Waals surface area contributed by atoms with Crippen molar-refractivity contribution in [3.8, 4) is 0 Å². The van der Waals surface area contributed by atoms with Gasteiger partial charge in [-0.1, -0.05) is 17.7 Å². The summed E-state index contributed by atoms with van der Waals surface area (Å²) in [6.07, 6.45) is 2.83. The van der Waals surface area contributed by atoms with Crippen LogP contribution in [0.4, 0.5) is 10.5 Å². The van der Waals surface area contributed by atoms with Crippen LogP contribution in [0.3, 0.4) is 0 Å². The van der Waals surface area contributed by atoms with E-state index in [9.17, 15) is 9.59 Å². The third-order valence-corrected chi connectivity index (χ3v) is 6.12. The number of H-pyrrole nitrogens is 1. The number of fused-ring (bicyclic) bond motifs is 3. The van der Waals surface area contributed by atoms with Crippen LogP contribution < -0.4 is 4.90 Å². The number of likely N-dealkylation sites (tertiary alicyclic amines) is 1. The van der Waals surface area contributed by atoms with E-state index >= 15 is 0 Å². The van der Waals surface area contributed by atoms with E-state index in [2.05, 4.69) is 11.1 Å². The van der Waals surface area contributed by atoms with Crippen molar-refractivity contribution in [3.05, 3.63) is 46.5 Å². The van der Waals surface area contributed by atoms with Crippen LogP contribution in [0.15, 0.2) is 18.2 Å². The number of carbonyl (C=O) groups excluding carboxylic acids is 2. The second-order valence-electron chi connectivity index (χ2n) is 8.01. The van der Waals surface area contributed by atoms with E-state index in [-0.39, 0.29) is 12.0 Å². The molecule has 0 bridgehead atoms. The van der Waals surface area contributed by atoms with Gasteiger partial charge < -0.3 is 19.5 Å². The van der Waals surface area contributed by atoms with E-state index in [0.717, 1.165) is 47.6 Å². The topological polar surface area (TPSA) is 78.5 Å². The van der Waals surface area contributed by atoms with Gasteiger partial charge >= 0.3 is 6.09 Å². The largest absolute Gasteiger partial charge is 0.450 e. The predicted molar refractivity (Wildman–Crippen MR) is 103 cm³/mol. The Bertz CT molecular complexity index is 953. The number of carbonyl (C=O) groups is 2. The highest BCUT2D eigenvalue weighted by Crippen LogP contribution is 2.48. The maximum atomic E-state index is 13.5. The summed E-state index contributed by atoms with van der Waals surface area (Å²) >= 11 is 0. The molecule has 1 aliphatic carbocycles. The van der Waals surface area contributed by atoms with E-state index in [1.54, 1.807) is 11.8 Å². The fraction of sp³-hybridized carbons (Fsp3) is 0.476. The van der Waals surface area contributed by atoms with Crippen molar-refractivity contribution in [2.45, 2.75) is 45.1 Å². The van der Waals surface area contributed by atoms with Gasteiger partial charge in [-0.15, -0.1) is 0 Å². The Morgan fingerprint density at radius 3 is 2.89 bits per heavy atom. The van der Waals surface area contributed by atoms with Gasteiger partial charge in [0.25, 0.3) is 0 Å². The lowest BCUT2D eigenvalue weighted by molar-refractivity contribution is -0.128. The molecule has 1 spiro atoms. The van der Waals surface area contributed by atoms with Gasteiger partial charge in [-0.2, -0.15) is 0 Å². The molecule has 2 aliphatic heterocycles. The van der Waals surface area contributed by atoms with Gasteiger partial charge in [0.15, 0.2) is 0 Å². The Morgan fingerprint density at radius 1 is 1.32 bits per heavy atom. The standard InChI is InChI=1S/C21H24N4O3/c1-3-28-20(27)24-11-21(12-24)14-9-13(2)7-8-17(14)25(19(21)26)10-18-22-15-5-4-6-16(15)23-18/h7-9H,3-6,10-12H2,1-2H3,(H,22,23). The fourth-order valence-electron chi connectivity index (χ4n) is 4.74. The van der Waals surface area contributed by atoms with Gasteiger partial charge in [0.2, 0.25) is 5.91 Å². The molecule has 5 rings (SSSR count). The summed E-state index contributed by atoms with van der Waals surface area (Å²) in [5.74, 6) is 0.883. The second kappa shape index (κ2) is 6.09. The molecule has 1 fully saturated rings. The number of imidazole rings is 1. The number of anilines is 1. The van der Waals surface area contributed by atoms with Gasteiger partial charge in [-0.3, -0.25) is 4.79 Å². The van der Waals surface area contributed by atoms with E-state index < -0.39 is 5.41 Å². The zero-order chi connectivity index (χ0) is 19.5. The number of aromatic amines is 1. The number of amides is 2. The molecule has 0 atom stereocenters. The molecule has 1 aromatic carbocycles. The fourth-order valence-corrected chi connectivity index (χ4v) is 4.74. The quantitative estimate of drug-likeness (QED) is 0.887. The van der Waals surface area contributed by atoms with Crippen molar-refractivity contribution >= 4 is 17.7 Å². The van der Waals surface area contributed by atoms with Crippen LogP contribution in [0.1, 0.15) is 41.7 Å². The number of ether oxygens (including phenoxy) is 1. The lowest BCUT2D eigenvalue weighted by Gasteiger charge is -2.45. The van der Waals surface area contributed by atoms with Crippen LogP contribution in [0.5, 0.6) is 0 Å². The van der Waals surface area contributed by atoms with Gasteiger partial charge in [0.05, 0.1) is 18.8 Å². The van der Waals surface area contributed by atoms with Crippen molar-refractivity contribution in [1.29, 1.82) is 0 Å². The molecule has 7 heteroatoms. The number of rotatable bonds is 3. The van der Waals surface area contributed by atoms with E-state index in [4.69, 9.17) is 9.72 Å². The van der Waals surface area contributed by atoms with Crippen molar-refractivity contribution in [2.24, 2.45) is 0 Å². The first-order chi connectivity index (χ1) is 13.5. The van der Waals surface area contributed by atoms with Gasteiger partial charge in [0, 0.05) is 24.5 Å². The summed E-state index contributed by atoms with van der Waals surface area (Å²) in [6.45, 7) is 5.32. The van der Waals surface area contributed by atoms with Crippen LogP contribution in [-0.4, -0.2) is 46.6 Å². The summed E-state index contributed by atoms with van der Waals surface area (Å²) in [6, 6.07) is 6.13. The van der Waals surface area contributed by atoms with E-state index in [1.165, 1.54) is 5.69 Å². The molecular weight excluding hydrogens is 356 g/mol. The Kier molecular flexibility index (Phi) is 3.76. The van der Waals surface area contributed by atoms with Crippen LogP contribution in [0.25, 0.3) is 0 Å². The minimum atomic E-state index is -0.663. The molecule has 1 N–H and O–H groups in total. The predicted octanol–water partition coefficient (Wildman–Crippen LogP) is 2.46. The average Bonchev–Trinajstić information content (AvgIpc) is 3.26. The van der Waals surface area contributed by atoms with Crippen molar-refractivity contribution in [1.82, 2.24) is 14.9 Å². The maximum Gasteiger partial charge on any atom is 0.409 e. The normalized spacial score (nSPS) is 19.0. The van der Waals surface area contributed by atoms with Crippen molar-refractivity contribution in [3.63, 3.8) is 0 Å². The average molecular weight is 380 g/mol. The van der Waals surface area contributed by atoms with Gasteiger partial charge in [0.1, 0.15) is 11.2 Å². The Labute approximate surface area is 163 Å². The first kappa shape index (κ1) is 17.3. The van der Waals surface area contributed by atoms with Crippen molar-refractivity contribution in [2.75, 3.05) is 24.6 Å². The molecule has 146 valence electrons. The highest BCUT2D eigenvalue weighted by atomic mass is 16.6. The summed E-state index contributed by atoms with van der Waals surface area (Å²) in [7, 11) is 0. The number of nitrogens with one attached hydrogen (secondary N) is 1. The third-order valence-electron chi connectivity index (χ3n) is 6.12. The molecule has 0 unspecified atom stereocenters. The van der Waals surface area contributed by atoms with Crippen LogP contribution in [0, 0.1) is 6.92 Å². The maximum absolute atomic E-state index is 13.5. The van der Waals surface area contributed by atoms with Crippen LogP contribution in [0.2, 0.25) is 0 Å². The summed E-state index contributed by atoms with van der Waals surface area (Å²) in [4.78, 5) is 37.1. The third kappa shape index (κ3) is 2.38. The Balaban J connectivity index is 1.45. The number of nitrogens with zero attached hydrogens (tertiary/aromatic N) is 3. The van der Waals surface area contributed by atoms with E-state index in [0.29, 0.717) is 26.2 Å². The molecule has 0 radical (unpaired) electrons. The first-order valence-electron chi connectivity index (χ1n) is 9.93. The summed E-state index contributed by atoms with van der Waals surface area (Å²) in [5, 5.41) is 0. The lowest BCUT2D eigenvalue weighted by Crippen LogP contribution is -2.65.